The predicted octanol–water partition coefficient (Wildman–Crippen LogP) is 3.07. The first-order valence-corrected chi connectivity index (χ1v) is 6.37. The van der Waals surface area contributed by atoms with E-state index < -0.39 is 11.8 Å². The summed E-state index contributed by atoms with van der Waals surface area (Å²) in [6.45, 7) is 1.97. The maximum absolute atomic E-state index is 12.1. The fourth-order valence-corrected chi connectivity index (χ4v) is 2.13. The van der Waals surface area contributed by atoms with Crippen LogP contribution in [-0.2, 0) is 14.2 Å². The summed E-state index contributed by atoms with van der Waals surface area (Å²) in [4.78, 5) is 12.1. The number of rotatable bonds is 4. The number of allylic oxidation sites excluding steroid dienone is 2. The largest absolute Gasteiger partial charge is 0.422 e. The normalized spacial score (nSPS) is 17.1. The van der Waals surface area contributed by atoms with Crippen LogP contribution < -0.4 is 0 Å². The van der Waals surface area contributed by atoms with Crippen molar-refractivity contribution < 1.29 is 19.0 Å². The number of carbonyl (C=O) groups is 1. The van der Waals surface area contributed by atoms with Gasteiger partial charge in [0.25, 0.3) is 0 Å². The molecule has 1 aromatic carbocycles. The molecule has 0 aliphatic heterocycles. The monoisotopic (exact) mass is 274 g/mol. The van der Waals surface area contributed by atoms with E-state index in [1.807, 2.05) is 19.1 Å². The Hall–Kier alpha value is -1.91. The van der Waals surface area contributed by atoms with Crippen molar-refractivity contribution in [1.82, 2.24) is 0 Å². The third-order valence-corrected chi connectivity index (χ3v) is 3.28. The van der Waals surface area contributed by atoms with Gasteiger partial charge in [0, 0.05) is 20.6 Å². The Morgan fingerprint density at radius 3 is 2.35 bits per heavy atom. The van der Waals surface area contributed by atoms with Gasteiger partial charge in [-0.2, -0.15) is 0 Å². The average molecular weight is 274 g/mol. The van der Waals surface area contributed by atoms with Crippen LogP contribution >= 0.6 is 0 Å². The van der Waals surface area contributed by atoms with Gasteiger partial charge < -0.3 is 14.2 Å². The second kappa shape index (κ2) is 6.03. The molecule has 0 unspecified atom stereocenters. The maximum atomic E-state index is 12.1. The molecule has 0 N–H and O–H groups in total. The SMILES string of the molecule is COC1(OC)CC(C)=CC=C1OC(=O)c1ccccc1. The summed E-state index contributed by atoms with van der Waals surface area (Å²) < 4.78 is 16.3. The molecule has 1 aliphatic rings. The number of hydrogen-bond donors (Lipinski definition) is 0. The van der Waals surface area contributed by atoms with Crippen LogP contribution in [0.4, 0.5) is 0 Å². The highest BCUT2D eigenvalue weighted by molar-refractivity contribution is 5.90. The Kier molecular flexibility index (Phi) is 4.37. The van der Waals surface area contributed by atoms with Crippen LogP contribution in [0.3, 0.4) is 0 Å². The molecule has 0 saturated carbocycles. The quantitative estimate of drug-likeness (QED) is 0.625. The van der Waals surface area contributed by atoms with E-state index in [1.165, 1.54) is 14.2 Å². The van der Waals surface area contributed by atoms with Crippen LogP contribution in [-0.4, -0.2) is 26.0 Å². The second-order valence-corrected chi connectivity index (χ2v) is 4.64. The second-order valence-electron chi connectivity index (χ2n) is 4.64. The third kappa shape index (κ3) is 2.81. The van der Waals surface area contributed by atoms with E-state index in [1.54, 1.807) is 30.3 Å². The molecule has 106 valence electrons. The summed E-state index contributed by atoms with van der Waals surface area (Å²) in [6, 6.07) is 8.82. The van der Waals surface area contributed by atoms with E-state index in [0.29, 0.717) is 17.7 Å². The lowest BCUT2D eigenvalue weighted by Crippen LogP contribution is -2.39. The van der Waals surface area contributed by atoms with Crippen LogP contribution in [0.2, 0.25) is 0 Å². The van der Waals surface area contributed by atoms with Gasteiger partial charge in [-0.25, -0.2) is 4.79 Å². The fraction of sp³-hybridized carbons (Fsp3) is 0.312. The van der Waals surface area contributed by atoms with Crippen molar-refractivity contribution in [2.45, 2.75) is 19.1 Å². The number of benzene rings is 1. The molecular weight excluding hydrogens is 256 g/mol. The number of carbonyl (C=O) groups excluding carboxylic acids is 1. The molecule has 0 atom stereocenters. The van der Waals surface area contributed by atoms with E-state index in [-0.39, 0.29) is 0 Å². The molecule has 4 heteroatoms. The van der Waals surface area contributed by atoms with Gasteiger partial charge >= 0.3 is 5.97 Å². The summed E-state index contributed by atoms with van der Waals surface area (Å²) in [7, 11) is 3.07. The first-order chi connectivity index (χ1) is 9.61. The van der Waals surface area contributed by atoms with Crippen molar-refractivity contribution in [2.24, 2.45) is 0 Å². The molecule has 0 heterocycles. The van der Waals surface area contributed by atoms with Gasteiger partial charge in [0.2, 0.25) is 5.79 Å². The number of methoxy groups -OCH3 is 2. The maximum Gasteiger partial charge on any atom is 0.343 e. The predicted molar refractivity (Wildman–Crippen MR) is 75.1 cm³/mol. The van der Waals surface area contributed by atoms with Crippen molar-refractivity contribution >= 4 is 5.97 Å². The Morgan fingerprint density at radius 1 is 1.10 bits per heavy atom. The van der Waals surface area contributed by atoms with Crippen molar-refractivity contribution in [3.05, 3.63) is 59.4 Å². The zero-order valence-electron chi connectivity index (χ0n) is 11.9. The number of ether oxygens (including phenoxy) is 3. The van der Waals surface area contributed by atoms with E-state index in [4.69, 9.17) is 14.2 Å². The van der Waals surface area contributed by atoms with Crippen molar-refractivity contribution in [1.29, 1.82) is 0 Å². The molecule has 0 radical (unpaired) electrons. The standard InChI is InChI=1S/C16H18O4/c1-12-9-10-14(16(11-12,18-2)19-3)20-15(17)13-7-5-4-6-8-13/h4-10H,11H2,1-3H3. The molecule has 4 nitrogen and oxygen atoms in total. The van der Waals surface area contributed by atoms with Crippen LogP contribution in [0.5, 0.6) is 0 Å². The van der Waals surface area contributed by atoms with Crippen LogP contribution in [0.1, 0.15) is 23.7 Å². The van der Waals surface area contributed by atoms with Crippen molar-refractivity contribution in [2.75, 3.05) is 14.2 Å². The number of hydrogen-bond acceptors (Lipinski definition) is 4. The van der Waals surface area contributed by atoms with Gasteiger partial charge in [0.15, 0.2) is 5.76 Å². The van der Waals surface area contributed by atoms with E-state index in [2.05, 4.69) is 0 Å². The fourth-order valence-electron chi connectivity index (χ4n) is 2.13. The van der Waals surface area contributed by atoms with Gasteiger partial charge in [-0.3, -0.25) is 0 Å². The summed E-state index contributed by atoms with van der Waals surface area (Å²) in [5.74, 6) is -1.10. The minimum atomic E-state index is -1.04. The molecule has 1 aromatic rings. The molecule has 1 aliphatic carbocycles. The molecular formula is C16H18O4. The smallest absolute Gasteiger partial charge is 0.343 e. The summed E-state index contributed by atoms with van der Waals surface area (Å²) in [6.07, 6.45) is 4.13. The highest BCUT2D eigenvalue weighted by Crippen LogP contribution is 2.34. The lowest BCUT2D eigenvalue weighted by Gasteiger charge is -2.34. The lowest BCUT2D eigenvalue weighted by atomic mass is 9.98. The van der Waals surface area contributed by atoms with Crippen LogP contribution in [0.25, 0.3) is 0 Å². The summed E-state index contributed by atoms with van der Waals surface area (Å²) >= 11 is 0. The van der Waals surface area contributed by atoms with Gasteiger partial charge in [-0.05, 0) is 25.1 Å². The van der Waals surface area contributed by atoms with Crippen molar-refractivity contribution in [3.8, 4) is 0 Å². The minimum absolute atomic E-state index is 0.363. The molecule has 0 spiro atoms. The third-order valence-electron chi connectivity index (χ3n) is 3.28. The Balaban J connectivity index is 2.24. The summed E-state index contributed by atoms with van der Waals surface area (Å²) in [5.41, 5.74) is 1.58. The van der Waals surface area contributed by atoms with Crippen molar-refractivity contribution in [3.63, 3.8) is 0 Å². The zero-order valence-corrected chi connectivity index (χ0v) is 11.9. The van der Waals surface area contributed by atoms with Crippen LogP contribution in [0.15, 0.2) is 53.8 Å². The average Bonchev–Trinajstić information content (AvgIpc) is 2.50. The molecule has 0 fully saturated rings. The lowest BCUT2D eigenvalue weighted by molar-refractivity contribution is -0.197. The van der Waals surface area contributed by atoms with E-state index in [9.17, 15) is 4.79 Å². The first-order valence-electron chi connectivity index (χ1n) is 6.37. The Bertz CT molecular complexity index is 539. The van der Waals surface area contributed by atoms with Gasteiger partial charge in [-0.1, -0.05) is 29.8 Å². The minimum Gasteiger partial charge on any atom is -0.422 e. The zero-order chi connectivity index (χ0) is 14.6. The first kappa shape index (κ1) is 14.5. The van der Waals surface area contributed by atoms with Gasteiger partial charge in [0.1, 0.15) is 0 Å². The molecule has 0 amide bonds. The Morgan fingerprint density at radius 2 is 1.75 bits per heavy atom. The molecule has 0 aromatic heterocycles. The Labute approximate surface area is 118 Å². The van der Waals surface area contributed by atoms with Crippen LogP contribution in [0, 0.1) is 0 Å². The molecule has 0 saturated heterocycles. The summed E-state index contributed by atoms with van der Waals surface area (Å²) in [5, 5.41) is 0. The topological polar surface area (TPSA) is 44.8 Å². The molecule has 2 rings (SSSR count). The molecule has 0 bridgehead atoms. The highest BCUT2D eigenvalue weighted by Gasteiger charge is 2.39. The van der Waals surface area contributed by atoms with E-state index >= 15 is 0 Å². The van der Waals surface area contributed by atoms with Gasteiger partial charge in [-0.15, -0.1) is 0 Å². The van der Waals surface area contributed by atoms with Gasteiger partial charge in [0.05, 0.1) is 5.56 Å². The number of esters is 1. The molecule has 20 heavy (non-hydrogen) atoms. The highest BCUT2D eigenvalue weighted by atomic mass is 16.7. The van der Waals surface area contributed by atoms with E-state index in [0.717, 1.165) is 5.57 Å².